The van der Waals surface area contributed by atoms with Gasteiger partial charge in [-0.15, -0.1) is 0 Å². The van der Waals surface area contributed by atoms with Crippen LogP contribution in [0, 0.1) is 0 Å². The summed E-state index contributed by atoms with van der Waals surface area (Å²) in [6, 6.07) is 7.95. The number of benzene rings is 1. The minimum Gasteiger partial charge on any atom is -0.411 e. The number of unbranched alkanes of at least 4 members (excludes halogenated alkanes) is 1. The summed E-state index contributed by atoms with van der Waals surface area (Å²) in [5.41, 5.74) is 8.63. The van der Waals surface area contributed by atoms with Crippen LogP contribution < -0.4 is 15.9 Å². The second-order valence-electron chi connectivity index (χ2n) is 5.57. The number of likely N-dealkylation sites (N-methyl/N-ethyl adjacent to an activating group) is 1. The first-order valence-electron chi connectivity index (χ1n) is 8.09. The number of imidazole rings is 1. The summed E-state index contributed by atoms with van der Waals surface area (Å²) in [6.07, 6.45) is 3.02. The number of nitrogens with one attached hydrogen (secondary N) is 1. The van der Waals surface area contributed by atoms with E-state index < -0.39 is 0 Å². The van der Waals surface area contributed by atoms with Gasteiger partial charge in [-0.05, 0) is 19.5 Å². The Hall–Kier alpha value is -2.34. The number of hydrogen-bond acceptors (Lipinski definition) is 5. The molecule has 122 valence electrons. The van der Waals surface area contributed by atoms with Gasteiger partial charge in [-0.1, -0.05) is 31.5 Å². The summed E-state index contributed by atoms with van der Waals surface area (Å²) >= 11 is 0. The molecule has 0 radical (unpaired) electrons. The van der Waals surface area contributed by atoms with Crippen molar-refractivity contribution in [1.29, 1.82) is 0 Å². The van der Waals surface area contributed by atoms with E-state index in [4.69, 9.17) is 15.6 Å². The molecule has 0 aliphatic heterocycles. The number of fused-ring (bicyclic) bond motifs is 3. The molecule has 23 heavy (non-hydrogen) atoms. The standard InChI is InChI=1S/C17H23N5O/c1-3-4-9-14-21-15-16(22(14)23-11-10-19-2)12-7-5-6-8-13(12)20-17(15)18/h5-8,19H,3-4,9-11H2,1-2H3,(H2,18,20). The Morgan fingerprint density at radius 1 is 1.26 bits per heavy atom. The van der Waals surface area contributed by atoms with E-state index in [0.29, 0.717) is 12.4 Å². The largest absolute Gasteiger partial charge is 0.411 e. The zero-order valence-electron chi connectivity index (χ0n) is 13.7. The first kappa shape index (κ1) is 15.6. The molecule has 2 aromatic heterocycles. The van der Waals surface area contributed by atoms with Crippen LogP contribution in [0.3, 0.4) is 0 Å². The van der Waals surface area contributed by atoms with Gasteiger partial charge < -0.3 is 15.9 Å². The molecule has 0 bridgehead atoms. The lowest BCUT2D eigenvalue weighted by molar-refractivity contribution is 0.115. The molecular formula is C17H23N5O. The molecule has 3 N–H and O–H groups in total. The summed E-state index contributed by atoms with van der Waals surface area (Å²) in [5, 5.41) is 4.10. The molecule has 2 heterocycles. The second kappa shape index (κ2) is 6.83. The number of hydrogen-bond donors (Lipinski definition) is 2. The van der Waals surface area contributed by atoms with E-state index in [2.05, 4.69) is 17.2 Å². The van der Waals surface area contributed by atoms with Crippen molar-refractivity contribution in [2.24, 2.45) is 0 Å². The lowest BCUT2D eigenvalue weighted by atomic mass is 10.2. The maximum absolute atomic E-state index is 6.13. The molecule has 0 fully saturated rings. The lowest BCUT2D eigenvalue weighted by Gasteiger charge is -2.12. The average molecular weight is 313 g/mol. The first-order chi connectivity index (χ1) is 11.3. The van der Waals surface area contributed by atoms with Crippen molar-refractivity contribution >= 4 is 27.8 Å². The molecule has 0 aliphatic carbocycles. The maximum Gasteiger partial charge on any atom is 0.152 e. The number of aromatic nitrogens is 3. The van der Waals surface area contributed by atoms with E-state index in [0.717, 1.165) is 53.6 Å². The summed E-state index contributed by atoms with van der Waals surface area (Å²) in [7, 11) is 1.91. The molecule has 0 saturated carbocycles. The summed E-state index contributed by atoms with van der Waals surface area (Å²) in [5.74, 6) is 1.36. The fraction of sp³-hybridized carbons (Fsp3) is 0.412. The van der Waals surface area contributed by atoms with Gasteiger partial charge in [-0.25, -0.2) is 9.97 Å². The van der Waals surface area contributed by atoms with Crippen molar-refractivity contribution in [3.05, 3.63) is 30.1 Å². The van der Waals surface area contributed by atoms with Crippen molar-refractivity contribution in [3.63, 3.8) is 0 Å². The first-order valence-corrected chi connectivity index (χ1v) is 8.09. The maximum atomic E-state index is 6.13. The monoisotopic (exact) mass is 313 g/mol. The molecule has 0 atom stereocenters. The van der Waals surface area contributed by atoms with E-state index in [9.17, 15) is 0 Å². The smallest absolute Gasteiger partial charge is 0.152 e. The third kappa shape index (κ3) is 2.94. The van der Waals surface area contributed by atoms with Gasteiger partial charge in [-0.3, -0.25) is 0 Å². The van der Waals surface area contributed by atoms with Gasteiger partial charge in [-0.2, -0.15) is 4.73 Å². The molecular weight excluding hydrogens is 290 g/mol. The third-order valence-corrected chi connectivity index (χ3v) is 3.87. The van der Waals surface area contributed by atoms with Crippen molar-refractivity contribution in [3.8, 4) is 0 Å². The Balaban J connectivity index is 2.19. The SMILES string of the molecule is CCCCc1nc2c(N)nc3ccccc3c2n1OCCNC. The Bertz CT molecular complexity index is 811. The number of nitrogen functional groups attached to an aromatic ring is 1. The van der Waals surface area contributed by atoms with Gasteiger partial charge >= 0.3 is 0 Å². The number of nitrogens with zero attached hydrogens (tertiary/aromatic N) is 3. The van der Waals surface area contributed by atoms with Gasteiger partial charge in [0.1, 0.15) is 23.5 Å². The van der Waals surface area contributed by atoms with Crippen molar-refractivity contribution in [2.75, 3.05) is 25.9 Å². The second-order valence-corrected chi connectivity index (χ2v) is 5.57. The molecule has 0 aliphatic rings. The van der Waals surface area contributed by atoms with Crippen LogP contribution in [-0.2, 0) is 6.42 Å². The zero-order chi connectivity index (χ0) is 16.2. The molecule has 0 saturated heterocycles. The number of para-hydroxylation sites is 1. The van der Waals surface area contributed by atoms with Crippen LogP contribution in [0.5, 0.6) is 0 Å². The summed E-state index contributed by atoms with van der Waals surface area (Å²) < 4.78 is 1.85. The van der Waals surface area contributed by atoms with E-state index in [1.54, 1.807) is 0 Å². The Labute approximate surface area is 135 Å². The normalized spacial score (nSPS) is 11.4. The summed E-state index contributed by atoms with van der Waals surface area (Å²) in [4.78, 5) is 15.2. The van der Waals surface area contributed by atoms with Crippen LogP contribution >= 0.6 is 0 Å². The zero-order valence-corrected chi connectivity index (χ0v) is 13.7. The molecule has 3 aromatic rings. The lowest BCUT2D eigenvalue weighted by Crippen LogP contribution is -2.23. The fourth-order valence-corrected chi connectivity index (χ4v) is 2.69. The van der Waals surface area contributed by atoms with Crippen molar-refractivity contribution in [1.82, 2.24) is 20.0 Å². The number of nitrogens with two attached hydrogens (primary N) is 1. The van der Waals surface area contributed by atoms with E-state index >= 15 is 0 Å². The molecule has 1 aromatic carbocycles. The fourth-order valence-electron chi connectivity index (χ4n) is 2.69. The Morgan fingerprint density at radius 3 is 2.87 bits per heavy atom. The van der Waals surface area contributed by atoms with Crippen LogP contribution in [-0.4, -0.2) is 34.9 Å². The van der Waals surface area contributed by atoms with Gasteiger partial charge in [0.05, 0.1) is 5.52 Å². The number of rotatable bonds is 7. The minimum atomic E-state index is 0.451. The third-order valence-electron chi connectivity index (χ3n) is 3.87. The summed E-state index contributed by atoms with van der Waals surface area (Å²) in [6.45, 7) is 3.50. The average Bonchev–Trinajstić information content (AvgIpc) is 2.93. The van der Waals surface area contributed by atoms with Gasteiger partial charge in [0.25, 0.3) is 0 Å². The van der Waals surface area contributed by atoms with Crippen molar-refractivity contribution in [2.45, 2.75) is 26.2 Å². The highest BCUT2D eigenvalue weighted by molar-refractivity contribution is 6.06. The van der Waals surface area contributed by atoms with E-state index in [1.807, 2.05) is 36.0 Å². The predicted molar refractivity (Wildman–Crippen MR) is 93.4 cm³/mol. The number of pyridine rings is 1. The molecule has 3 rings (SSSR count). The Morgan fingerprint density at radius 2 is 2.09 bits per heavy atom. The van der Waals surface area contributed by atoms with Crippen LogP contribution in [0.2, 0.25) is 0 Å². The topological polar surface area (TPSA) is 78.0 Å². The highest BCUT2D eigenvalue weighted by atomic mass is 16.7. The van der Waals surface area contributed by atoms with E-state index in [-0.39, 0.29) is 0 Å². The van der Waals surface area contributed by atoms with E-state index in [1.165, 1.54) is 0 Å². The van der Waals surface area contributed by atoms with Gasteiger partial charge in [0.2, 0.25) is 0 Å². The van der Waals surface area contributed by atoms with Crippen LogP contribution in [0.4, 0.5) is 5.82 Å². The van der Waals surface area contributed by atoms with Crippen LogP contribution in [0.25, 0.3) is 21.9 Å². The van der Waals surface area contributed by atoms with Crippen LogP contribution in [0.15, 0.2) is 24.3 Å². The number of aryl methyl sites for hydroxylation is 1. The van der Waals surface area contributed by atoms with Gasteiger partial charge in [0.15, 0.2) is 5.82 Å². The molecule has 0 unspecified atom stereocenters. The molecule has 0 spiro atoms. The highest BCUT2D eigenvalue weighted by Gasteiger charge is 2.17. The van der Waals surface area contributed by atoms with Crippen LogP contribution in [0.1, 0.15) is 25.6 Å². The predicted octanol–water partition coefficient (Wildman–Crippen LogP) is 2.16. The Kier molecular flexibility index (Phi) is 4.62. The molecule has 6 nitrogen and oxygen atoms in total. The molecule has 6 heteroatoms. The number of anilines is 1. The molecule has 0 amide bonds. The quantitative estimate of drug-likeness (QED) is 0.654. The van der Waals surface area contributed by atoms with Crippen molar-refractivity contribution < 1.29 is 4.84 Å². The highest BCUT2D eigenvalue weighted by Crippen LogP contribution is 2.28. The van der Waals surface area contributed by atoms with Gasteiger partial charge in [0, 0.05) is 18.4 Å². The minimum absolute atomic E-state index is 0.451.